The van der Waals surface area contributed by atoms with Crippen LogP contribution in [-0.2, 0) is 10.9 Å². The van der Waals surface area contributed by atoms with Crippen LogP contribution in [0, 0.1) is 0 Å². The SMILES string of the molecule is COc1ncc(-c2cc(C(F)(F)F)c3c(N)ncnn23)cc1C(=O)N[C@@H]1CN(C(=O)O[C@H](C)CO)C[C@@H]1F. The maximum absolute atomic E-state index is 14.7. The van der Waals surface area contributed by atoms with Crippen LogP contribution in [0.5, 0.6) is 5.88 Å². The molecular formula is C22H23F4N7O5. The van der Waals surface area contributed by atoms with E-state index < -0.39 is 60.0 Å². The average Bonchev–Trinajstić information content (AvgIpc) is 3.45. The fourth-order valence-corrected chi connectivity index (χ4v) is 3.99. The molecule has 12 nitrogen and oxygen atoms in total. The van der Waals surface area contributed by atoms with Crippen LogP contribution in [0.15, 0.2) is 24.7 Å². The number of hydrogen-bond donors (Lipinski definition) is 3. The number of alkyl halides is 4. The van der Waals surface area contributed by atoms with Gasteiger partial charge in [0.25, 0.3) is 5.91 Å². The second-order valence-corrected chi connectivity index (χ2v) is 8.51. The molecule has 3 aromatic rings. The van der Waals surface area contributed by atoms with E-state index >= 15 is 0 Å². The third-order valence-electron chi connectivity index (χ3n) is 5.86. The van der Waals surface area contributed by atoms with Crippen molar-refractivity contribution in [3.63, 3.8) is 0 Å². The molecule has 38 heavy (non-hydrogen) atoms. The van der Waals surface area contributed by atoms with Crippen LogP contribution in [-0.4, -0.2) is 86.7 Å². The average molecular weight is 541 g/mol. The summed E-state index contributed by atoms with van der Waals surface area (Å²) in [6.07, 6.45) is -5.89. The largest absolute Gasteiger partial charge is 0.480 e. The fourth-order valence-electron chi connectivity index (χ4n) is 3.99. The summed E-state index contributed by atoms with van der Waals surface area (Å²) in [5.41, 5.74) is 3.92. The van der Waals surface area contributed by atoms with Crippen LogP contribution >= 0.6 is 0 Å². The lowest BCUT2D eigenvalue weighted by Gasteiger charge is -2.19. The van der Waals surface area contributed by atoms with Gasteiger partial charge >= 0.3 is 12.3 Å². The number of nitrogens with zero attached hydrogens (tertiary/aromatic N) is 5. The first kappa shape index (κ1) is 26.8. The monoisotopic (exact) mass is 541 g/mol. The predicted molar refractivity (Wildman–Crippen MR) is 123 cm³/mol. The minimum absolute atomic E-state index is 0.0611. The number of nitrogen functional groups attached to an aromatic ring is 1. The van der Waals surface area contributed by atoms with Crippen molar-refractivity contribution in [2.75, 3.05) is 32.5 Å². The Morgan fingerprint density at radius 1 is 1.29 bits per heavy atom. The van der Waals surface area contributed by atoms with Gasteiger partial charge in [-0.1, -0.05) is 0 Å². The van der Waals surface area contributed by atoms with E-state index in [0.29, 0.717) is 0 Å². The summed E-state index contributed by atoms with van der Waals surface area (Å²) in [6.45, 7) is 0.476. The number of aromatic nitrogens is 4. The molecule has 0 unspecified atom stereocenters. The number of anilines is 1. The number of aliphatic hydroxyl groups is 1. The highest BCUT2D eigenvalue weighted by Crippen LogP contribution is 2.39. The lowest BCUT2D eigenvalue weighted by Crippen LogP contribution is -2.42. The number of amides is 2. The summed E-state index contributed by atoms with van der Waals surface area (Å²) >= 11 is 0. The molecule has 3 aromatic heterocycles. The molecule has 0 aromatic carbocycles. The Balaban J connectivity index is 1.64. The lowest BCUT2D eigenvalue weighted by atomic mass is 10.1. The number of fused-ring (bicyclic) bond motifs is 1. The number of carbonyl (C=O) groups is 2. The number of ether oxygens (including phenoxy) is 2. The molecule has 4 rings (SSSR count). The number of nitrogens with one attached hydrogen (secondary N) is 1. The minimum Gasteiger partial charge on any atom is -0.480 e. The van der Waals surface area contributed by atoms with Crippen molar-refractivity contribution in [3.05, 3.63) is 35.8 Å². The molecule has 204 valence electrons. The van der Waals surface area contributed by atoms with Gasteiger partial charge in [0.2, 0.25) is 5.88 Å². The van der Waals surface area contributed by atoms with Crippen molar-refractivity contribution in [2.45, 2.75) is 31.4 Å². The smallest absolute Gasteiger partial charge is 0.418 e. The van der Waals surface area contributed by atoms with E-state index in [1.807, 2.05) is 0 Å². The quantitative estimate of drug-likeness (QED) is 0.395. The van der Waals surface area contributed by atoms with Gasteiger partial charge in [0.1, 0.15) is 29.7 Å². The first-order chi connectivity index (χ1) is 17.9. The number of rotatable bonds is 6. The molecule has 0 aliphatic carbocycles. The van der Waals surface area contributed by atoms with Crippen LogP contribution in [0.1, 0.15) is 22.8 Å². The molecule has 2 amide bonds. The summed E-state index contributed by atoms with van der Waals surface area (Å²) in [6, 6.07) is 0.904. The predicted octanol–water partition coefficient (Wildman–Crippen LogP) is 1.67. The highest BCUT2D eigenvalue weighted by Gasteiger charge is 2.39. The zero-order valence-electron chi connectivity index (χ0n) is 20.1. The van der Waals surface area contributed by atoms with E-state index in [9.17, 15) is 27.2 Å². The van der Waals surface area contributed by atoms with Crippen LogP contribution in [0.3, 0.4) is 0 Å². The molecule has 4 N–H and O–H groups in total. The van der Waals surface area contributed by atoms with Gasteiger partial charge in [-0.2, -0.15) is 18.3 Å². The molecule has 0 saturated carbocycles. The van der Waals surface area contributed by atoms with Gasteiger partial charge in [-0.3, -0.25) is 4.79 Å². The number of pyridine rings is 1. The minimum atomic E-state index is -4.77. The number of likely N-dealkylation sites (tertiary alicyclic amines) is 1. The Morgan fingerprint density at radius 3 is 2.68 bits per heavy atom. The molecule has 0 radical (unpaired) electrons. The van der Waals surface area contributed by atoms with Gasteiger partial charge < -0.3 is 30.5 Å². The van der Waals surface area contributed by atoms with Gasteiger partial charge in [0, 0.05) is 18.3 Å². The number of carbonyl (C=O) groups excluding carboxylic acids is 2. The van der Waals surface area contributed by atoms with Crippen LogP contribution in [0.2, 0.25) is 0 Å². The van der Waals surface area contributed by atoms with Crippen molar-refractivity contribution in [1.82, 2.24) is 29.8 Å². The summed E-state index contributed by atoms with van der Waals surface area (Å²) < 4.78 is 66.7. The van der Waals surface area contributed by atoms with Crippen molar-refractivity contribution in [1.29, 1.82) is 0 Å². The topological polar surface area (TPSA) is 157 Å². The van der Waals surface area contributed by atoms with E-state index in [0.717, 1.165) is 21.8 Å². The zero-order chi connectivity index (χ0) is 27.8. The fraction of sp³-hybridized carbons (Fsp3) is 0.409. The van der Waals surface area contributed by atoms with E-state index in [-0.39, 0.29) is 35.8 Å². The van der Waals surface area contributed by atoms with Crippen LogP contribution in [0.4, 0.5) is 28.2 Å². The molecule has 0 spiro atoms. The van der Waals surface area contributed by atoms with E-state index in [2.05, 4.69) is 20.4 Å². The highest BCUT2D eigenvalue weighted by molar-refractivity contribution is 5.98. The Morgan fingerprint density at radius 2 is 2.03 bits per heavy atom. The number of methoxy groups -OCH3 is 1. The molecule has 1 aliphatic heterocycles. The summed E-state index contributed by atoms with van der Waals surface area (Å²) in [5.74, 6) is -1.41. The normalized spacial score (nSPS) is 18.4. The molecule has 3 atom stereocenters. The molecule has 1 saturated heterocycles. The van der Waals surface area contributed by atoms with E-state index in [1.54, 1.807) is 0 Å². The zero-order valence-corrected chi connectivity index (χ0v) is 20.1. The maximum Gasteiger partial charge on any atom is 0.418 e. The molecular weight excluding hydrogens is 518 g/mol. The number of aliphatic hydroxyl groups excluding tert-OH is 1. The third-order valence-corrected chi connectivity index (χ3v) is 5.86. The molecule has 1 aliphatic rings. The third kappa shape index (κ3) is 5.11. The first-order valence-electron chi connectivity index (χ1n) is 11.2. The Bertz CT molecular complexity index is 1370. The van der Waals surface area contributed by atoms with Crippen LogP contribution in [0.25, 0.3) is 16.8 Å². The van der Waals surface area contributed by atoms with Gasteiger partial charge in [0.15, 0.2) is 5.82 Å². The number of halogens is 4. The van der Waals surface area contributed by atoms with Gasteiger partial charge in [0.05, 0.1) is 37.6 Å². The van der Waals surface area contributed by atoms with Gasteiger partial charge in [-0.15, -0.1) is 0 Å². The van der Waals surface area contributed by atoms with Gasteiger partial charge in [-0.05, 0) is 19.1 Å². The second kappa shape index (κ2) is 10.3. The van der Waals surface area contributed by atoms with Crippen LogP contribution < -0.4 is 15.8 Å². The first-order valence-corrected chi connectivity index (χ1v) is 11.2. The van der Waals surface area contributed by atoms with E-state index in [4.69, 9.17) is 20.3 Å². The van der Waals surface area contributed by atoms with Crippen molar-refractivity contribution in [2.24, 2.45) is 0 Å². The Kier molecular flexibility index (Phi) is 7.26. The summed E-state index contributed by atoms with van der Waals surface area (Å²) in [7, 11) is 1.23. The Hall–Kier alpha value is -4.21. The second-order valence-electron chi connectivity index (χ2n) is 8.51. The lowest BCUT2D eigenvalue weighted by molar-refractivity contribution is -0.136. The summed E-state index contributed by atoms with van der Waals surface area (Å²) in [4.78, 5) is 33.9. The maximum atomic E-state index is 14.7. The van der Waals surface area contributed by atoms with Crippen molar-refractivity contribution < 1.29 is 41.7 Å². The Labute approximate surface area is 212 Å². The highest BCUT2D eigenvalue weighted by atomic mass is 19.4. The molecule has 4 heterocycles. The molecule has 1 fully saturated rings. The van der Waals surface area contributed by atoms with E-state index in [1.165, 1.54) is 26.3 Å². The number of nitrogens with two attached hydrogens (primary N) is 1. The molecule has 0 bridgehead atoms. The number of hydrogen-bond acceptors (Lipinski definition) is 9. The molecule has 16 heteroatoms. The van der Waals surface area contributed by atoms with Crippen molar-refractivity contribution in [3.8, 4) is 17.1 Å². The standard InChI is InChI=1S/C22H23F4N7O5/c1-10(8-34)38-21(36)32-6-14(23)15(7-32)31-19(35)12-3-11(5-28-20(12)37-2)16-4-13(22(24,25)26)17-18(27)29-9-30-33(16)17/h3-5,9-10,14-15,34H,6-8H2,1-2H3,(H,31,35)(H2,27,29,30)/t10-,14+,15-/m1/s1. The van der Waals surface area contributed by atoms with Crippen molar-refractivity contribution >= 4 is 23.3 Å². The van der Waals surface area contributed by atoms with Gasteiger partial charge in [-0.25, -0.2) is 23.7 Å². The summed E-state index contributed by atoms with van der Waals surface area (Å²) in [5, 5.41) is 15.4.